The van der Waals surface area contributed by atoms with Crippen molar-refractivity contribution in [2.75, 3.05) is 14.2 Å². The van der Waals surface area contributed by atoms with Crippen LogP contribution in [0.3, 0.4) is 0 Å². The molecule has 0 aromatic carbocycles. The van der Waals surface area contributed by atoms with Crippen molar-refractivity contribution >= 4 is 0 Å². The average molecular weight is 322 g/mol. The summed E-state index contributed by atoms with van der Waals surface area (Å²) in [6.45, 7) is 3.46. The van der Waals surface area contributed by atoms with Crippen molar-refractivity contribution in [3.05, 3.63) is 0 Å². The monoisotopic (exact) mass is 322 g/mol. The summed E-state index contributed by atoms with van der Waals surface area (Å²) in [6.07, 6.45) is -6.23. The molecule has 0 spiro atoms. The van der Waals surface area contributed by atoms with Crippen molar-refractivity contribution in [1.29, 1.82) is 0 Å². The molecule has 2 fully saturated rings. The summed E-state index contributed by atoms with van der Waals surface area (Å²) in [5.41, 5.74) is 0. The van der Waals surface area contributed by atoms with Gasteiger partial charge in [0.2, 0.25) is 0 Å². The Hall–Kier alpha value is -0.320. The van der Waals surface area contributed by atoms with Crippen molar-refractivity contribution in [2.24, 2.45) is 0 Å². The van der Waals surface area contributed by atoms with Crippen LogP contribution in [0.15, 0.2) is 0 Å². The lowest BCUT2D eigenvalue weighted by Gasteiger charge is -2.44. The molecule has 2 rings (SSSR count). The lowest BCUT2D eigenvalue weighted by Crippen LogP contribution is -2.60. The first-order valence-electron chi connectivity index (χ1n) is 7.45. The molecular formula is C14H26O8. The van der Waals surface area contributed by atoms with Gasteiger partial charge in [-0.25, -0.2) is 0 Å². The minimum absolute atomic E-state index is 0.348. The highest BCUT2D eigenvalue weighted by Gasteiger charge is 2.46. The number of hydrogen-bond acceptors (Lipinski definition) is 8. The molecule has 130 valence electrons. The Balaban J connectivity index is 2.04. The van der Waals surface area contributed by atoms with E-state index in [1.165, 1.54) is 14.2 Å². The predicted molar refractivity (Wildman–Crippen MR) is 74.0 cm³/mol. The normalized spacial score (nSPS) is 50.0. The molecule has 2 aliphatic rings. The Kier molecular flexibility index (Phi) is 6.14. The van der Waals surface area contributed by atoms with Crippen molar-refractivity contribution in [2.45, 2.75) is 75.6 Å². The quantitative estimate of drug-likeness (QED) is 0.605. The minimum atomic E-state index is -1.32. The van der Waals surface area contributed by atoms with Gasteiger partial charge in [-0.2, -0.15) is 0 Å². The predicted octanol–water partition coefficient (Wildman–Crippen LogP) is -1.00. The number of aliphatic hydroxyl groups is 3. The second kappa shape index (κ2) is 7.50. The maximum absolute atomic E-state index is 9.96. The Labute approximate surface area is 129 Å². The molecule has 2 heterocycles. The van der Waals surface area contributed by atoms with Crippen LogP contribution in [0.5, 0.6) is 0 Å². The molecule has 0 aromatic rings. The average Bonchev–Trinajstić information content (AvgIpc) is 2.48. The van der Waals surface area contributed by atoms with Gasteiger partial charge in [0.05, 0.1) is 18.3 Å². The molecule has 0 saturated carbocycles. The third kappa shape index (κ3) is 3.60. The van der Waals surface area contributed by atoms with Crippen LogP contribution >= 0.6 is 0 Å². The molecule has 9 atom stereocenters. The summed E-state index contributed by atoms with van der Waals surface area (Å²) in [6, 6.07) is 0. The van der Waals surface area contributed by atoms with Crippen LogP contribution in [-0.2, 0) is 23.7 Å². The lowest BCUT2D eigenvalue weighted by atomic mass is 9.98. The van der Waals surface area contributed by atoms with E-state index in [1.807, 2.05) is 0 Å². The van der Waals surface area contributed by atoms with Crippen LogP contribution in [-0.4, -0.2) is 84.8 Å². The van der Waals surface area contributed by atoms with Crippen LogP contribution in [0.1, 0.15) is 20.3 Å². The highest BCUT2D eigenvalue weighted by Crippen LogP contribution is 2.29. The maximum Gasteiger partial charge on any atom is 0.183 e. The van der Waals surface area contributed by atoms with Crippen molar-refractivity contribution in [3.63, 3.8) is 0 Å². The van der Waals surface area contributed by atoms with Gasteiger partial charge in [-0.3, -0.25) is 0 Å². The van der Waals surface area contributed by atoms with E-state index < -0.39 is 55.3 Å². The van der Waals surface area contributed by atoms with Crippen LogP contribution in [0.25, 0.3) is 0 Å². The highest BCUT2D eigenvalue weighted by molar-refractivity contribution is 4.90. The van der Waals surface area contributed by atoms with E-state index >= 15 is 0 Å². The van der Waals surface area contributed by atoms with Crippen LogP contribution in [0, 0.1) is 0 Å². The first kappa shape index (κ1) is 18.0. The fraction of sp³-hybridized carbons (Fsp3) is 1.00. The zero-order chi connectivity index (χ0) is 16.4. The van der Waals surface area contributed by atoms with Crippen molar-refractivity contribution < 1.29 is 39.0 Å². The SMILES string of the molecule is CO[C@H]1[C@@H](O)[C@H](O)O[C@H](C)[C@H]1O[C@H]1C[C@@H](OC)[C@H](O)[C@@H](C)O1. The fourth-order valence-corrected chi connectivity index (χ4v) is 2.97. The van der Waals surface area contributed by atoms with Crippen molar-refractivity contribution in [3.8, 4) is 0 Å². The summed E-state index contributed by atoms with van der Waals surface area (Å²) < 4.78 is 27.3. The van der Waals surface area contributed by atoms with E-state index in [0.717, 1.165) is 0 Å². The zero-order valence-electron chi connectivity index (χ0n) is 13.3. The first-order valence-corrected chi connectivity index (χ1v) is 7.45. The summed E-state index contributed by atoms with van der Waals surface area (Å²) in [5, 5.41) is 29.6. The molecular weight excluding hydrogens is 296 g/mol. The van der Waals surface area contributed by atoms with E-state index in [2.05, 4.69) is 0 Å². The molecule has 0 unspecified atom stereocenters. The molecule has 0 aliphatic carbocycles. The summed E-state index contributed by atoms with van der Waals surface area (Å²) in [4.78, 5) is 0. The Morgan fingerprint density at radius 2 is 1.55 bits per heavy atom. The number of aliphatic hydroxyl groups excluding tert-OH is 3. The summed E-state index contributed by atoms with van der Waals surface area (Å²) in [7, 11) is 2.95. The van der Waals surface area contributed by atoms with E-state index in [9.17, 15) is 15.3 Å². The van der Waals surface area contributed by atoms with Gasteiger partial charge < -0.3 is 39.0 Å². The maximum atomic E-state index is 9.96. The lowest BCUT2D eigenvalue weighted by molar-refractivity contribution is -0.331. The second-order valence-corrected chi connectivity index (χ2v) is 5.79. The van der Waals surface area contributed by atoms with Gasteiger partial charge in [0, 0.05) is 20.6 Å². The van der Waals surface area contributed by atoms with Crippen LogP contribution < -0.4 is 0 Å². The Morgan fingerprint density at radius 1 is 0.864 bits per heavy atom. The van der Waals surface area contributed by atoms with Gasteiger partial charge in [-0.1, -0.05) is 0 Å². The van der Waals surface area contributed by atoms with Crippen LogP contribution in [0.2, 0.25) is 0 Å². The topological polar surface area (TPSA) is 107 Å². The Morgan fingerprint density at radius 3 is 2.14 bits per heavy atom. The molecule has 8 heteroatoms. The van der Waals surface area contributed by atoms with E-state index in [4.69, 9.17) is 23.7 Å². The van der Waals surface area contributed by atoms with E-state index in [1.54, 1.807) is 13.8 Å². The largest absolute Gasteiger partial charge is 0.388 e. The van der Waals surface area contributed by atoms with E-state index in [-0.39, 0.29) is 0 Å². The third-order valence-electron chi connectivity index (χ3n) is 4.31. The zero-order valence-corrected chi connectivity index (χ0v) is 13.3. The van der Waals surface area contributed by atoms with Gasteiger partial charge in [0.15, 0.2) is 12.6 Å². The third-order valence-corrected chi connectivity index (χ3v) is 4.31. The molecule has 3 N–H and O–H groups in total. The molecule has 2 aliphatic heterocycles. The number of ether oxygens (including phenoxy) is 5. The molecule has 0 radical (unpaired) electrons. The molecule has 22 heavy (non-hydrogen) atoms. The van der Waals surface area contributed by atoms with Gasteiger partial charge in [0.25, 0.3) is 0 Å². The molecule has 8 nitrogen and oxygen atoms in total. The fourth-order valence-electron chi connectivity index (χ4n) is 2.97. The molecule has 2 saturated heterocycles. The van der Waals surface area contributed by atoms with Gasteiger partial charge >= 0.3 is 0 Å². The summed E-state index contributed by atoms with van der Waals surface area (Å²) in [5.74, 6) is 0. The second-order valence-electron chi connectivity index (χ2n) is 5.79. The number of methoxy groups -OCH3 is 2. The number of hydrogen-bond donors (Lipinski definition) is 3. The van der Waals surface area contributed by atoms with Crippen molar-refractivity contribution in [1.82, 2.24) is 0 Å². The Bertz CT molecular complexity index is 354. The molecule has 0 amide bonds. The highest BCUT2D eigenvalue weighted by atomic mass is 16.7. The van der Waals surface area contributed by atoms with Gasteiger partial charge in [0.1, 0.15) is 24.4 Å². The molecule has 0 bridgehead atoms. The molecule has 0 aromatic heterocycles. The first-order chi connectivity index (χ1) is 10.4. The minimum Gasteiger partial charge on any atom is -0.388 e. The smallest absolute Gasteiger partial charge is 0.183 e. The van der Waals surface area contributed by atoms with Gasteiger partial charge in [-0.15, -0.1) is 0 Å². The van der Waals surface area contributed by atoms with Crippen LogP contribution in [0.4, 0.5) is 0 Å². The summed E-state index contributed by atoms with van der Waals surface area (Å²) >= 11 is 0. The standard InChI is InChI=1S/C14H26O8/c1-6-10(15)8(18-3)5-9(20-6)22-12-7(2)21-14(17)11(16)13(12)19-4/h6-17H,5H2,1-4H3/t6-,7-,8-,9+,10-,11-,12-,13+,14-/m1/s1. The van der Waals surface area contributed by atoms with E-state index in [0.29, 0.717) is 6.42 Å². The van der Waals surface area contributed by atoms with Gasteiger partial charge in [-0.05, 0) is 13.8 Å². The number of rotatable bonds is 4.